The number of nitrogens with zero attached hydrogens (tertiary/aromatic N) is 1. The van der Waals surface area contributed by atoms with Crippen LogP contribution in [-0.2, 0) is 6.54 Å². The summed E-state index contributed by atoms with van der Waals surface area (Å²) >= 11 is 0. The number of aromatic carboxylic acids is 1. The van der Waals surface area contributed by atoms with Crippen LogP contribution < -0.4 is 10.7 Å². The van der Waals surface area contributed by atoms with Gasteiger partial charge in [0.05, 0.1) is 10.9 Å². The topological polar surface area (TPSA) is 91.9 Å². The molecule has 7 heteroatoms. The first-order valence-electron chi connectivity index (χ1n) is 13.6. The standard InChI is InChI=1S/C33H33FN2O4/c1-18-14-25(20(3)35-17-23-11-10-19(2)31(34)30(23)33(38)39)32-26(15-18)28(37)16-29(40-32)24-13-12-22-8-6-5-7-9-27(22)36-21(24)4/h5-7,9-11,14-16,20,22,35H,8,12-13,17H2,1-4H3,(H,38,39). The lowest BCUT2D eigenvalue weighted by atomic mass is 9.92. The van der Waals surface area contributed by atoms with Gasteiger partial charge in [-0.25, -0.2) is 9.18 Å². The summed E-state index contributed by atoms with van der Waals surface area (Å²) in [6.07, 6.45) is 10.9. The van der Waals surface area contributed by atoms with Gasteiger partial charge in [0.2, 0.25) is 0 Å². The zero-order chi connectivity index (χ0) is 28.6. The second-order valence-electron chi connectivity index (χ2n) is 10.7. The average Bonchev–Trinajstić information content (AvgIpc) is 3.22. The van der Waals surface area contributed by atoms with Crippen LogP contribution >= 0.6 is 0 Å². The van der Waals surface area contributed by atoms with Crippen molar-refractivity contribution in [2.75, 3.05) is 0 Å². The van der Waals surface area contributed by atoms with Crippen molar-refractivity contribution in [3.05, 3.63) is 110 Å². The molecule has 2 atom stereocenters. The Morgan fingerprint density at radius 2 is 2.00 bits per heavy atom. The van der Waals surface area contributed by atoms with Crippen molar-refractivity contribution >= 4 is 28.2 Å². The minimum Gasteiger partial charge on any atom is -0.478 e. The van der Waals surface area contributed by atoms with Crippen molar-refractivity contribution in [1.29, 1.82) is 0 Å². The summed E-state index contributed by atoms with van der Waals surface area (Å²) in [5.74, 6) is -1.20. The summed E-state index contributed by atoms with van der Waals surface area (Å²) in [6, 6.07) is 8.23. The Kier molecular flexibility index (Phi) is 7.68. The van der Waals surface area contributed by atoms with Crippen LogP contribution in [0, 0.1) is 25.6 Å². The van der Waals surface area contributed by atoms with Crippen molar-refractivity contribution in [2.45, 2.75) is 59.5 Å². The fraction of sp³-hybridized carbons (Fsp3) is 0.303. The third-order valence-corrected chi connectivity index (χ3v) is 7.83. The molecule has 0 saturated heterocycles. The molecule has 1 aromatic heterocycles. The van der Waals surface area contributed by atoms with Crippen molar-refractivity contribution in [3.8, 4) is 0 Å². The van der Waals surface area contributed by atoms with E-state index in [2.05, 4.69) is 23.5 Å². The minimum absolute atomic E-state index is 0.128. The van der Waals surface area contributed by atoms with Crippen molar-refractivity contribution < 1.29 is 18.7 Å². The van der Waals surface area contributed by atoms with Crippen LogP contribution in [0.1, 0.15) is 77.5 Å². The maximum Gasteiger partial charge on any atom is 0.339 e. The van der Waals surface area contributed by atoms with Gasteiger partial charge in [0.25, 0.3) is 0 Å². The normalized spacial score (nSPS) is 17.8. The number of carboxylic acid groups (broad SMARTS) is 1. The molecule has 2 heterocycles. The van der Waals surface area contributed by atoms with Crippen LogP contribution in [0.15, 0.2) is 74.5 Å². The number of rotatable bonds is 6. The van der Waals surface area contributed by atoms with Gasteiger partial charge in [-0.15, -0.1) is 0 Å². The third kappa shape index (κ3) is 5.34. The van der Waals surface area contributed by atoms with E-state index in [-0.39, 0.29) is 29.1 Å². The van der Waals surface area contributed by atoms with Gasteiger partial charge in [-0.1, -0.05) is 36.4 Å². The van der Waals surface area contributed by atoms with Gasteiger partial charge in [0, 0.05) is 47.1 Å². The first-order chi connectivity index (χ1) is 19.1. The molecule has 2 unspecified atom stereocenters. The number of hydrogen-bond donors (Lipinski definition) is 2. The lowest BCUT2D eigenvalue weighted by molar-refractivity contribution is 0.0690. The van der Waals surface area contributed by atoms with E-state index in [1.165, 1.54) is 0 Å². The van der Waals surface area contributed by atoms with Crippen LogP contribution in [0.25, 0.3) is 16.5 Å². The highest BCUT2D eigenvalue weighted by Crippen LogP contribution is 2.35. The van der Waals surface area contributed by atoms with Crippen LogP contribution in [-0.4, -0.2) is 16.8 Å². The minimum atomic E-state index is -1.31. The quantitative estimate of drug-likeness (QED) is 0.345. The second-order valence-corrected chi connectivity index (χ2v) is 10.7. The molecule has 1 aliphatic heterocycles. The molecule has 5 rings (SSSR count). The molecule has 2 aliphatic rings. The largest absolute Gasteiger partial charge is 0.478 e. The van der Waals surface area contributed by atoms with Crippen LogP contribution in [0.3, 0.4) is 0 Å². The summed E-state index contributed by atoms with van der Waals surface area (Å²) in [5.41, 5.74) is 5.14. The van der Waals surface area contributed by atoms with Gasteiger partial charge in [0.15, 0.2) is 5.43 Å². The molecule has 40 heavy (non-hydrogen) atoms. The summed E-state index contributed by atoms with van der Waals surface area (Å²) in [6.45, 7) is 7.47. The van der Waals surface area contributed by atoms with Gasteiger partial charge in [-0.3, -0.25) is 9.79 Å². The predicted molar refractivity (Wildman–Crippen MR) is 156 cm³/mol. The molecule has 1 aliphatic carbocycles. The van der Waals surface area contributed by atoms with Gasteiger partial charge in [-0.05, 0) is 75.8 Å². The summed E-state index contributed by atoms with van der Waals surface area (Å²) in [4.78, 5) is 30.0. The van der Waals surface area contributed by atoms with Crippen LogP contribution in [0.2, 0.25) is 0 Å². The number of aryl methyl sites for hydroxylation is 2. The Balaban J connectivity index is 1.52. The highest BCUT2D eigenvalue weighted by atomic mass is 19.1. The smallest absolute Gasteiger partial charge is 0.339 e. The molecule has 0 fully saturated rings. The second kappa shape index (κ2) is 11.2. The fourth-order valence-corrected chi connectivity index (χ4v) is 5.57. The SMILES string of the molecule is CC1=C(c2cc(=O)c3cc(C)cc(C(C)NCc4ccc(C)c(F)c4C(=O)O)c3o2)CCC2CC=CC=CC2=N1. The zero-order valence-corrected chi connectivity index (χ0v) is 23.2. The number of hydrogen-bond acceptors (Lipinski definition) is 5. The van der Waals surface area contributed by atoms with Crippen molar-refractivity contribution in [3.63, 3.8) is 0 Å². The molecule has 3 aromatic rings. The molecular weight excluding hydrogens is 507 g/mol. The molecule has 2 aromatic carbocycles. The Morgan fingerprint density at radius 1 is 1.20 bits per heavy atom. The molecule has 0 amide bonds. The molecular formula is C33H33FN2O4. The summed E-state index contributed by atoms with van der Waals surface area (Å²) in [7, 11) is 0. The Bertz CT molecular complexity index is 1690. The Hall–Kier alpha value is -4.10. The maximum atomic E-state index is 14.6. The fourth-order valence-electron chi connectivity index (χ4n) is 5.57. The summed E-state index contributed by atoms with van der Waals surface area (Å²) in [5, 5.41) is 13.4. The number of benzene rings is 2. The highest BCUT2D eigenvalue weighted by molar-refractivity contribution is 5.99. The first-order valence-corrected chi connectivity index (χ1v) is 13.6. The molecule has 0 saturated carbocycles. The van der Waals surface area contributed by atoms with Crippen LogP contribution in [0.4, 0.5) is 4.39 Å². The Morgan fingerprint density at radius 3 is 2.77 bits per heavy atom. The van der Waals surface area contributed by atoms with E-state index >= 15 is 0 Å². The molecule has 0 spiro atoms. The average molecular weight is 541 g/mol. The van der Waals surface area contributed by atoms with E-state index in [9.17, 15) is 19.1 Å². The van der Waals surface area contributed by atoms with E-state index in [0.29, 0.717) is 28.2 Å². The van der Waals surface area contributed by atoms with E-state index in [0.717, 1.165) is 47.4 Å². The molecule has 0 bridgehead atoms. The zero-order valence-electron chi connectivity index (χ0n) is 23.2. The molecule has 0 radical (unpaired) electrons. The van der Waals surface area contributed by atoms with Gasteiger partial charge >= 0.3 is 5.97 Å². The lowest BCUT2D eigenvalue weighted by Crippen LogP contribution is -2.21. The van der Waals surface area contributed by atoms with E-state index < -0.39 is 11.8 Å². The van der Waals surface area contributed by atoms with Gasteiger partial charge in [0.1, 0.15) is 17.2 Å². The third-order valence-electron chi connectivity index (χ3n) is 7.83. The number of fused-ring (bicyclic) bond motifs is 2. The lowest BCUT2D eigenvalue weighted by Gasteiger charge is -2.19. The van der Waals surface area contributed by atoms with Crippen LogP contribution in [0.5, 0.6) is 0 Å². The number of aliphatic imine (C=N–C) groups is 1. The highest BCUT2D eigenvalue weighted by Gasteiger charge is 2.24. The monoisotopic (exact) mass is 540 g/mol. The number of carboxylic acids is 1. The number of carbonyl (C=O) groups is 1. The molecule has 2 N–H and O–H groups in total. The van der Waals surface area contributed by atoms with E-state index in [4.69, 9.17) is 9.41 Å². The van der Waals surface area contributed by atoms with Crippen molar-refractivity contribution in [1.82, 2.24) is 5.32 Å². The molecule has 6 nitrogen and oxygen atoms in total. The first kappa shape index (κ1) is 27.5. The maximum absolute atomic E-state index is 14.6. The summed E-state index contributed by atoms with van der Waals surface area (Å²) < 4.78 is 21.1. The number of halogens is 1. The van der Waals surface area contributed by atoms with Crippen molar-refractivity contribution in [2.24, 2.45) is 10.9 Å². The molecule has 206 valence electrons. The van der Waals surface area contributed by atoms with Gasteiger partial charge in [-0.2, -0.15) is 0 Å². The number of nitrogens with one attached hydrogen (secondary N) is 1. The predicted octanol–water partition coefficient (Wildman–Crippen LogP) is 7.20. The van der Waals surface area contributed by atoms with E-state index in [1.807, 2.05) is 39.0 Å². The van der Waals surface area contributed by atoms with E-state index in [1.54, 1.807) is 25.1 Å². The van der Waals surface area contributed by atoms with Gasteiger partial charge < -0.3 is 14.8 Å². The number of allylic oxidation sites excluding steroid dienone is 6. The Labute approximate surface area is 232 Å².